The topological polar surface area (TPSA) is 83.3 Å². The molecule has 0 fully saturated rings. The summed E-state index contributed by atoms with van der Waals surface area (Å²) in [7, 11) is 2.52. The molecular formula is C17H21N3O4. The molecule has 0 spiro atoms. The van der Waals surface area contributed by atoms with Crippen LogP contribution in [-0.2, 0) is 16.0 Å². The second kappa shape index (κ2) is 7.72. The molecule has 0 atom stereocenters. The van der Waals surface area contributed by atoms with Gasteiger partial charge in [0.25, 0.3) is 0 Å². The Kier molecular flexibility index (Phi) is 5.68. The maximum Gasteiger partial charge on any atom is 0.359 e. The van der Waals surface area contributed by atoms with E-state index in [2.05, 4.69) is 23.9 Å². The molecule has 0 radical (unpaired) electrons. The van der Waals surface area contributed by atoms with E-state index in [-0.39, 0.29) is 11.3 Å². The summed E-state index contributed by atoms with van der Waals surface area (Å²) in [4.78, 5) is 28.4. The van der Waals surface area contributed by atoms with Gasteiger partial charge in [0.2, 0.25) is 0 Å². The Bertz CT molecular complexity index is 723. The minimum Gasteiger partial charge on any atom is -0.465 e. The highest BCUT2D eigenvalue weighted by Crippen LogP contribution is 2.28. The van der Waals surface area contributed by atoms with Crippen molar-refractivity contribution >= 4 is 11.9 Å². The zero-order valence-electron chi connectivity index (χ0n) is 14.3. The maximum absolute atomic E-state index is 12.3. The first-order valence-electron chi connectivity index (χ1n) is 7.67. The molecule has 0 aliphatic rings. The number of hydrogen-bond acceptors (Lipinski definition) is 6. The summed E-state index contributed by atoms with van der Waals surface area (Å²) in [6, 6.07) is 3.52. The number of carbonyl (C=O) groups excluding carboxylic acids is 2. The third-order valence-corrected chi connectivity index (χ3v) is 3.59. The van der Waals surface area contributed by atoms with Gasteiger partial charge in [0, 0.05) is 24.5 Å². The molecule has 2 aromatic rings. The van der Waals surface area contributed by atoms with Gasteiger partial charge in [-0.05, 0) is 24.5 Å². The number of pyridine rings is 1. The summed E-state index contributed by atoms with van der Waals surface area (Å²) >= 11 is 0. The Hall–Kier alpha value is -2.70. The fraction of sp³-hybridized carbons (Fsp3) is 0.412. The van der Waals surface area contributed by atoms with Crippen molar-refractivity contribution < 1.29 is 19.1 Å². The zero-order chi connectivity index (χ0) is 17.7. The molecule has 128 valence electrons. The molecule has 2 heterocycles. The molecule has 7 nitrogen and oxygen atoms in total. The molecule has 2 aromatic heterocycles. The van der Waals surface area contributed by atoms with Crippen LogP contribution in [0.25, 0.3) is 11.3 Å². The van der Waals surface area contributed by atoms with Gasteiger partial charge in [-0.25, -0.2) is 9.59 Å². The largest absolute Gasteiger partial charge is 0.465 e. The van der Waals surface area contributed by atoms with Crippen LogP contribution in [0.2, 0.25) is 0 Å². The van der Waals surface area contributed by atoms with E-state index in [4.69, 9.17) is 9.47 Å². The fourth-order valence-corrected chi connectivity index (χ4v) is 2.34. The van der Waals surface area contributed by atoms with Crippen molar-refractivity contribution in [3.8, 4) is 11.3 Å². The quantitative estimate of drug-likeness (QED) is 0.757. The van der Waals surface area contributed by atoms with E-state index >= 15 is 0 Å². The van der Waals surface area contributed by atoms with Gasteiger partial charge in [-0.2, -0.15) is 5.10 Å². The van der Waals surface area contributed by atoms with Crippen LogP contribution in [0.4, 0.5) is 0 Å². The smallest absolute Gasteiger partial charge is 0.359 e. The van der Waals surface area contributed by atoms with E-state index in [0.29, 0.717) is 18.2 Å². The van der Waals surface area contributed by atoms with E-state index < -0.39 is 11.9 Å². The molecule has 0 aliphatic carbocycles. The van der Waals surface area contributed by atoms with Crippen LogP contribution >= 0.6 is 0 Å². The number of nitrogens with zero attached hydrogens (tertiary/aromatic N) is 3. The highest BCUT2D eigenvalue weighted by atomic mass is 16.5. The van der Waals surface area contributed by atoms with E-state index in [9.17, 15) is 9.59 Å². The maximum atomic E-state index is 12.3. The van der Waals surface area contributed by atoms with Crippen molar-refractivity contribution in [1.29, 1.82) is 0 Å². The number of methoxy groups -OCH3 is 2. The number of esters is 2. The summed E-state index contributed by atoms with van der Waals surface area (Å²) in [6.07, 6.45) is 4.09. The van der Waals surface area contributed by atoms with Gasteiger partial charge in [-0.1, -0.05) is 13.8 Å². The average molecular weight is 331 g/mol. The van der Waals surface area contributed by atoms with Gasteiger partial charge in [-0.15, -0.1) is 0 Å². The van der Waals surface area contributed by atoms with Gasteiger partial charge < -0.3 is 9.47 Å². The molecule has 0 aliphatic heterocycles. The number of rotatable bonds is 6. The number of ether oxygens (including phenoxy) is 2. The first kappa shape index (κ1) is 17.7. The Morgan fingerprint density at radius 2 is 1.75 bits per heavy atom. The minimum atomic E-state index is -0.672. The number of aromatic nitrogens is 3. The van der Waals surface area contributed by atoms with Crippen LogP contribution < -0.4 is 0 Å². The third kappa shape index (κ3) is 3.61. The van der Waals surface area contributed by atoms with E-state index in [1.165, 1.54) is 14.2 Å². The molecule has 0 N–H and O–H groups in total. The molecule has 0 unspecified atom stereocenters. The van der Waals surface area contributed by atoms with Crippen molar-refractivity contribution in [2.75, 3.05) is 14.2 Å². The lowest BCUT2D eigenvalue weighted by atomic mass is 10.1. The summed E-state index contributed by atoms with van der Waals surface area (Å²) < 4.78 is 11.3. The summed E-state index contributed by atoms with van der Waals surface area (Å²) in [5, 5.41) is 4.32. The SMILES string of the molecule is COC(=O)c1nn(CCC(C)C)c(-c2ccncc2)c1C(=O)OC. The Morgan fingerprint density at radius 3 is 2.29 bits per heavy atom. The molecular weight excluding hydrogens is 310 g/mol. The summed E-state index contributed by atoms with van der Waals surface area (Å²) in [5.41, 5.74) is 1.33. The van der Waals surface area contributed by atoms with E-state index in [0.717, 1.165) is 12.0 Å². The first-order chi connectivity index (χ1) is 11.5. The summed E-state index contributed by atoms with van der Waals surface area (Å²) in [6.45, 7) is 4.76. The van der Waals surface area contributed by atoms with E-state index in [1.807, 2.05) is 0 Å². The molecule has 0 bridgehead atoms. The highest BCUT2D eigenvalue weighted by molar-refractivity contribution is 6.06. The summed E-state index contributed by atoms with van der Waals surface area (Å²) in [5.74, 6) is -0.852. The van der Waals surface area contributed by atoms with E-state index in [1.54, 1.807) is 29.2 Å². The van der Waals surface area contributed by atoms with Crippen molar-refractivity contribution in [3.05, 3.63) is 35.8 Å². The van der Waals surface area contributed by atoms with Gasteiger partial charge >= 0.3 is 11.9 Å². The Balaban J connectivity index is 2.67. The lowest BCUT2D eigenvalue weighted by Crippen LogP contribution is -2.11. The van der Waals surface area contributed by atoms with Crippen molar-refractivity contribution in [1.82, 2.24) is 14.8 Å². The lowest BCUT2D eigenvalue weighted by molar-refractivity contribution is 0.0552. The third-order valence-electron chi connectivity index (χ3n) is 3.59. The van der Waals surface area contributed by atoms with Crippen LogP contribution in [0, 0.1) is 5.92 Å². The van der Waals surface area contributed by atoms with Crippen molar-refractivity contribution in [2.24, 2.45) is 5.92 Å². The first-order valence-corrected chi connectivity index (χ1v) is 7.67. The fourth-order valence-electron chi connectivity index (χ4n) is 2.34. The predicted octanol–water partition coefficient (Wildman–Crippen LogP) is 2.56. The number of hydrogen-bond donors (Lipinski definition) is 0. The average Bonchev–Trinajstić information content (AvgIpc) is 2.98. The van der Waals surface area contributed by atoms with Gasteiger partial charge in [0.05, 0.1) is 19.9 Å². The number of aryl methyl sites for hydroxylation is 1. The lowest BCUT2D eigenvalue weighted by Gasteiger charge is -2.10. The molecule has 24 heavy (non-hydrogen) atoms. The number of carbonyl (C=O) groups is 2. The predicted molar refractivity (Wildman–Crippen MR) is 87.6 cm³/mol. The Morgan fingerprint density at radius 1 is 1.12 bits per heavy atom. The molecule has 7 heteroatoms. The minimum absolute atomic E-state index is 0.0417. The second-order valence-corrected chi connectivity index (χ2v) is 5.70. The second-order valence-electron chi connectivity index (χ2n) is 5.70. The van der Waals surface area contributed by atoms with Crippen LogP contribution in [0.1, 0.15) is 41.1 Å². The monoisotopic (exact) mass is 331 g/mol. The van der Waals surface area contributed by atoms with Crippen molar-refractivity contribution in [3.63, 3.8) is 0 Å². The van der Waals surface area contributed by atoms with Crippen LogP contribution in [0.5, 0.6) is 0 Å². The molecule has 0 saturated heterocycles. The van der Waals surface area contributed by atoms with Crippen LogP contribution in [0.15, 0.2) is 24.5 Å². The van der Waals surface area contributed by atoms with Crippen LogP contribution in [0.3, 0.4) is 0 Å². The van der Waals surface area contributed by atoms with Gasteiger partial charge in [0.1, 0.15) is 5.56 Å². The van der Waals surface area contributed by atoms with Gasteiger partial charge in [-0.3, -0.25) is 9.67 Å². The van der Waals surface area contributed by atoms with Crippen molar-refractivity contribution in [2.45, 2.75) is 26.8 Å². The van der Waals surface area contributed by atoms with Crippen LogP contribution in [-0.4, -0.2) is 40.9 Å². The normalized spacial score (nSPS) is 10.7. The standard InChI is InChI=1S/C17H21N3O4/c1-11(2)7-10-20-15(12-5-8-18-9-6-12)13(16(21)23-3)14(19-20)17(22)24-4/h5-6,8-9,11H,7,10H2,1-4H3. The Labute approximate surface area is 140 Å². The highest BCUT2D eigenvalue weighted by Gasteiger charge is 2.30. The molecule has 0 amide bonds. The molecule has 0 saturated carbocycles. The zero-order valence-corrected chi connectivity index (χ0v) is 14.3. The van der Waals surface area contributed by atoms with Gasteiger partial charge in [0.15, 0.2) is 5.69 Å². The molecule has 0 aromatic carbocycles. The molecule has 2 rings (SSSR count).